The number of aromatic nitrogens is 3. The number of carbonyl (C=O) groups is 1. The van der Waals surface area contributed by atoms with Crippen LogP contribution >= 0.6 is 11.6 Å². The van der Waals surface area contributed by atoms with E-state index in [1.54, 1.807) is 12.1 Å². The van der Waals surface area contributed by atoms with Gasteiger partial charge in [-0.05, 0) is 24.6 Å². The topological polar surface area (TPSA) is 90.0 Å². The summed E-state index contributed by atoms with van der Waals surface area (Å²) in [4.78, 5) is 29.2. The minimum absolute atomic E-state index is 0.0633. The average molecular weight is 409 g/mol. The van der Waals surface area contributed by atoms with Gasteiger partial charge in [0, 0.05) is 18.5 Å². The highest BCUT2D eigenvalue weighted by atomic mass is 35.5. The number of fused-ring (bicyclic) bond motifs is 1. The number of anilines is 1. The molecule has 1 N–H and O–H groups in total. The van der Waals surface area contributed by atoms with Crippen LogP contribution in [0.5, 0.6) is 0 Å². The molecule has 0 aliphatic heterocycles. The highest BCUT2D eigenvalue weighted by Gasteiger charge is 2.16. The smallest absolute Gasteiger partial charge is 0.299 e. The third-order valence-electron chi connectivity index (χ3n) is 4.47. The molecule has 0 fully saturated rings. The van der Waals surface area contributed by atoms with E-state index in [4.69, 9.17) is 16.1 Å². The lowest BCUT2D eigenvalue weighted by molar-refractivity contribution is -0.116. The zero-order valence-electron chi connectivity index (χ0n) is 15.6. The van der Waals surface area contributed by atoms with Crippen molar-refractivity contribution in [2.75, 3.05) is 5.32 Å². The molecule has 0 aliphatic rings. The Bertz CT molecular complexity index is 1250. The fourth-order valence-corrected chi connectivity index (χ4v) is 3.24. The van der Waals surface area contributed by atoms with Crippen LogP contribution < -0.4 is 10.9 Å². The Kier molecular flexibility index (Phi) is 5.14. The first-order chi connectivity index (χ1) is 14.0. The molecule has 4 rings (SSSR count). The number of nitrogens with one attached hydrogen (secondary N) is 1. The SMILES string of the molecule is Cc1ccc(NC(=O)CCn2cnc3c(-c4ccccc4)noc3c2=O)c(Cl)c1. The van der Waals surface area contributed by atoms with Gasteiger partial charge in [0.15, 0.2) is 0 Å². The van der Waals surface area contributed by atoms with Crippen LogP contribution in [0.2, 0.25) is 5.02 Å². The number of hydrogen-bond acceptors (Lipinski definition) is 5. The van der Waals surface area contributed by atoms with E-state index >= 15 is 0 Å². The van der Waals surface area contributed by atoms with E-state index in [1.807, 2.05) is 43.3 Å². The summed E-state index contributed by atoms with van der Waals surface area (Å²) in [6.45, 7) is 2.07. The van der Waals surface area contributed by atoms with Crippen molar-refractivity contribution in [1.29, 1.82) is 0 Å². The van der Waals surface area contributed by atoms with Crippen molar-refractivity contribution in [3.8, 4) is 11.3 Å². The Balaban J connectivity index is 1.51. The van der Waals surface area contributed by atoms with Crippen molar-refractivity contribution in [2.24, 2.45) is 0 Å². The van der Waals surface area contributed by atoms with E-state index in [2.05, 4.69) is 15.5 Å². The Morgan fingerprint density at radius 1 is 1.21 bits per heavy atom. The lowest BCUT2D eigenvalue weighted by Gasteiger charge is -2.08. The van der Waals surface area contributed by atoms with Crippen molar-refractivity contribution in [3.63, 3.8) is 0 Å². The summed E-state index contributed by atoms with van der Waals surface area (Å²) in [6.07, 6.45) is 1.48. The molecule has 146 valence electrons. The molecule has 0 bridgehead atoms. The van der Waals surface area contributed by atoms with Crippen molar-refractivity contribution in [3.05, 3.63) is 75.8 Å². The molecule has 4 aromatic rings. The standard InChI is InChI=1S/C21H17ClN4O3/c1-13-7-8-16(15(22)11-13)24-17(27)9-10-26-12-23-19-18(14-5-3-2-4-6-14)25-29-20(19)21(26)28/h2-8,11-12H,9-10H2,1H3,(H,24,27). The molecule has 1 amide bonds. The highest BCUT2D eigenvalue weighted by molar-refractivity contribution is 6.33. The first-order valence-electron chi connectivity index (χ1n) is 8.99. The summed E-state index contributed by atoms with van der Waals surface area (Å²) in [5, 5.41) is 7.20. The number of nitrogens with zero attached hydrogens (tertiary/aromatic N) is 3. The van der Waals surface area contributed by atoms with Crippen LogP contribution in [0.25, 0.3) is 22.4 Å². The van der Waals surface area contributed by atoms with Crippen molar-refractivity contribution in [2.45, 2.75) is 19.9 Å². The van der Waals surface area contributed by atoms with Crippen LogP contribution in [0.4, 0.5) is 5.69 Å². The fraction of sp³-hybridized carbons (Fsp3) is 0.143. The number of benzene rings is 2. The summed E-state index contributed by atoms with van der Waals surface area (Å²) in [5.41, 5.74) is 2.93. The van der Waals surface area contributed by atoms with Gasteiger partial charge in [0.05, 0.1) is 17.0 Å². The number of halogens is 1. The molecule has 0 radical (unpaired) electrons. The summed E-state index contributed by atoms with van der Waals surface area (Å²) in [7, 11) is 0. The lowest BCUT2D eigenvalue weighted by Crippen LogP contribution is -2.23. The molecule has 7 nitrogen and oxygen atoms in total. The van der Waals surface area contributed by atoms with Crippen LogP contribution in [0.15, 0.2) is 64.2 Å². The number of amides is 1. The lowest BCUT2D eigenvalue weighted by atomic mass is 10.1. The van der Waals surface area contributed by atoms with E-state index in [-0.39, 0.29) is 30.0 Å². The zero-order valence-corrected chi connectivity index (χ0v) is 16.3. The van der Waals surface area contributed by atoms with E-state index in [1.165, 1.54) is 10.9 Å². The number of carbonyl (C=O) groups excluding carboxylic acids is 1. The van der Waals surface area contributed by atoms with E-state index in [9.17, 15) is 9.59 Å². The predicted molar refractivity (Wildman–Crippen MR) is 111 cm³/mol. The Hall–Kier alpha value is -3.45. The van der Waals surface area contributed by atoms with Gasteiger partial charge in [-0.15, -0.1) is 0 Å². The summed E-state index contributed by atoms with van der Waals surface area (Å²) in [5.74, 6) is -0.259. The molecule has 2 aromatic carbocycles. The largest absolute Gasteiger partial charge is 0.348 e. The minimum Gasteiger partial charge on any atom is -0.348 e. The van der Waals surface area contributed by atoms with Gasteiger partial charge in [0.2, 0.25) is 5.91 Å². The number of rotatable bonds is 5. The quantitative estimate of drug-likeness (QED) is 0.538. The molecular weight excluding hydrogens is 392 g/mol. The summed E-state index contributed by atoms with van der Waals surface area (Å²) < 4.78 is 6.57. The molecule has 0 aliphatic carbocycles. The Morgan fingerprint density at radius 3 is 2.76 bits per heavy atom. The van der Waals surface area contributed by atoms with E-state index < -0.39 is 0 Å². The van der Waals surface area contributed by atoms with Gasteiger partial charge >= 0.3 is 0 Å². The van der Waals surface area contributed by atoms with Crippen LogP contribution in [0, 0.1) is 6.92 Å². The first-order valence-corrected chi connectivity index (χ1v) is 9.37. The van der Waals surface area contributed by atoms with Gasteiger partial charge in [-0.25, -0.2) is 4.98 Å². The second kappa shape index (κ2) is 7.89. The maximum absolute atomic E-state index is 12.7. The molecule has 0 atom stereocenters. The molecule has 29 heavy (non-hydrogen) atoms. The molecule has 8 heteroatoms. The van der Waals surface area contributed by atoms with Gasteiger partial charge in [-0.1, -0.05) is 53.2 Å². The normalized spacial score (nSPS) is 11.0. The van der Waals surface area contributed by atoms with Crippen LogP contribution in [-0.2, 0) is 11.3 Å². The van der Waals surface area contributed by atoms with Gasteiger partial charge in [0.25, 0.3) is 11.1 Å². The minimum atomic E-state index is -0.383. The molecular formula is C21H17ClN4O3. The molecule has 0 spiro atoms. The van der Waals surface area contributed by atoms with Gasteiger partial charge < -0.3 is 9.84 Å². The third kappa shape index (κ3) is 3.90. The highest BCUT2D eigenvalue weighted by Crippen LogP contribution is 2.24. The third-order valence-corrected chi connectivity index (χ3v) is 4.79. The number of hydrogen-bond donors (Lipinski definition) is 1. The summed E-state index contributed by atoms with van der Waals surface area (Å²) >= 11 is 6.13. The molecule has 2 heterocycles. The van der Waals surface area contributed by atoms with Crippen molar-refractivity contribution < 1.29 is 9.32 Å². The monoisotopic (exact) mass is 408 g/mol. The van der Waals surface area contributed by atoms with Crippen LogP contribution in [0.3, 0.4) is 0 Å². The Labute approximate surface area is 170 Å². The van der Waals surface area contributed by atoms with Crippen LogP contribution in [0.1, 0.15) is 12.0 Å². The number of aryl methyl sites for hydroxylation is 2. The zero-order chi connectivity index (χ0) is 20.4. The molecule has 0 saturated heterocycles. The second-order valence-electron chi connectivity index (χ2n) is 6.60. The Morgan fingerprint density at radius 2 is 2.00 bits per heavy atom. The fourth-order valence-electron chi connectivity index (χ4n) is 2.96. The molecule has 0 saturated carbocycles. The molecule has 0 unspecified atom stereocenters. The average Bonchev–Trinajstić information content (AvgIpc) is 3.15. The molecule has 2 aromatic heterocycles. The van der Waals surface area contributed by atoms with E-state index in [0.717, 1.165) is 11.1 Å². The van der Waals surface area contributed by atoms with Crippen molar-refractivity contribution >= 4 is 34.3 Å². The van der Waals surface area contributed by atoms with Gasteiger partial charge in [-0.3, -0.25) is 14.2 Å². The van der Waals surface area contributed by atoms with Crippen molar-refractivity contribution in [1.82, 2.24) is 14.7 Å². The summed E-state index contributed by atoms with van der Waals surface area (Å²) in [6, 6.07) is 14.7. The second-order valence-corrected chi connectivity index (χ2v) is 7.01. The van der Waals surface area contributed by atoms with E-state index in [0.29, 0.717) is 21.9 Å². The maximum Gasteiger partial charge on any atom is 0.299 e. The van der Waals surface area contributed by atoms with Gasteiger partial charge in [-0.2, -0.15) is 0 Å². The van der Waals surface area contributed by atoms with Crippen LogP contribution in [-0.4, -0.2) is 20.6 Å². The maximum atomic E-state index is 12.7. The van der Waals surface area contributed by atoms with Gasteiger partial charge in [0.1, 0.15) is 11.2 Å². The first kappa shape index (κ1) is 18.9. The predicted octanol–water partition coefficient (Wildman–Crippen LogP) is 4.04.